The van der Waals surface area contributed by atoms with Crippen LogP contribution in [-0.2, 0) is 23.9 Å². The molecule has 2 rings (SSSR count). The Morgan fingerprint density at radius 2 is 1.86 bits per heavy atom. The van der Waals surface area contributed by atoms with E-state index < -0.39 is 17.7 Å². The Bertz CT molecular complexity index is 829. The Balaban J connectivity index is 1.83. The minimum Gasteiger partial charge on any atom is -0.465 e. The SMILES string of the molecule is COC(=O)c1cc(CN(C)C(=O)NCCc2ccc(C(F)(F)F)cc2)oc1C. The summed E-state index contributed by atoms with van der Waals surface area (Å²) in [6.45, 7) is 2.03. The quantitative estimate of drug-likeness (QED) is 0.752. The number of amides is 2. The van der Waals surface area contributed by atoms with Crippen LogP contribution in [0.3, 0.4) is 0 Å². The van der Waals surface area contributed by atoms with Gasteiger partial charge in [-0.05, 0) is 37.1 Å². The molecule has 0 aliphatic rings. The zero-order chi connectivity index (χ0) is 20.9. The highest BCUT2D eigenvalue weighted by atomic mass is 19.4. The van der Waals surface area contributed by atoms with Crippen LogP contribution in [0.25, 0.3) is 0 Å². The number of hydrogen-bond donors (Lipinski definition) is 1. The number of ether oxygens (including phenoxy) is 1. The molecule has 6 nitrogen and oxygen atoms in total. The van der Waals surface area contributed by atoms with Crippen molar-refractivity contribution in [3.63, 3.8) is 0 Å². The minimum atomic E-state index is -4.37. The molecule has 0 aliphatic heterocycles. The smallest absolute Gasteiger partial charge is 0.416 e. The van der Waals surface area contributed by atoms with Crippen molar-refractivity contribution in [2.24, 2.45) is 0 Å². The highest BCUT2D eigenvalue weighted by Gasteiger charge is 2.29. The van der Waals surface area contributed by atoms with Crippen molar-refractivity contribution in [1.82, 2.24) is 10.2 Å². The van der Waals surface area contributed by atoms with Gasteiger partial charge in [0, 0.05) is 13.6 Å². The molecule has 1 aromatic heterocycles. The van der Waals surface area contributed by atoms with Gasteiger partial charge in [-0.2, -0.15) is 13.2 Å². The molecule has 2 aromatic rings. The van der Waals surface area contributed by atoms with E-state index in [0.717, 1.165) is 12.1 Å². The van der Waals surface area contributed by atoms with Crippen molar-refractivity contribution in [1.29, 1.82) is 0 Å². The van der Waals surface area contributed by atoms with Crippen molar-refractivity contribution in [3.8, 4) is 0 Å². The van der Waals surface area contributed by atoms with E-state index >= 15 is 0 Å². The zero-order valence-electron chi connectivity index (χ0n) is 15.7. The number of halogens is 3. The van der Waals surface area contributed by atoms with Crippen LogP contribution in [0.4, 0.5) is 18.0 Å². The number of carbonyl (C=O) groups excluding carboxylic acids is 2. The van der Waals surface area contributed by atoms with Gasteiger partial charge in [-0.1, -0.05) is 12.1 Å². The molecule has 0 spiro atoms. The number of nitrogens with one attached hydrogen (secondary N) is 1. The second-order valence-electron chi connectivity index (χ2n) is 6.21. The van der Waals surface area contributed by atoms with Crippen LogP contribution in [0.1, 0.15) is 33.0 Å². The Hall–Kier alpha value is -2.97. The molecule has 2 amide bonds. The second-order valence-corrected chi connectivity index (χ2v) is 6.21. The molecule has 0 unspecified atom stereocenters. The van der Waals surface area contributed by atoms with Crippen LogP contribution in [0, 0.1) is 6.92 Å². The summed E-state index contributed by atoms with van der Waals surface area (Å²) in [7, 11) is 2.83. The third kappa shape index (κ3) is 5.51. The van der Waals surface area contributed by atoms with Gasteiger partial charge in [0.1, 0.15) is 17.1 Å². The number of furan rings is 1. The van der Waals surface area contributed by atoms with Gasteiger partial charge in [-0.25, -0.2) is 9.59 Å². The number of carbonyl (C=O) groups is 2. The summed E-state index contributed by atoms with van der Waals surface area (Å²) in [6.07, 6.45) is -3.97. The number of aryl methyl sites for hydroxylation is 1. The monoisotopic (exact) mass is 398 g/mol. The number of hydrogen-bond acceptors (Lipinski definition) is 4. The molecule has 1 aromatic carbocycles. The average molecular weight is 398 g/mol. The maximum Gasteiger partial charge on any atom is 0.416 e. The van der Waals surface area contributed by atoms with Gasteiger partial charge < -0.3 is 19.4 Å². The average Bonchev–Trinajstić information content (AvgIpc) is 3.00. The summed E-state index contributed by atoms with van der Waals surface area (Å²) in [5.41, 5.74) is 0.272. The summed E-state index contributed by atoms with van der Waals surface area (Å²) in [6, 6.07) is 5.95. The van der Waals surface area contributed by atoms with Gasteiger partial charge in [0.2, 0.25) is 0 Å². The molecular weight excluding hydrogens is 377 g/mol. The Morgan fingerprint density at radius 3 is 2.43 bits per heavy atom. The summed E-state index contributed by atoms with van der Waals surface area (Å²) >= 11 is 0. The number of alkyl halides is 3. The molecule has 0 saturated heterocycles. The molecule has 0 aliphatic carbocycles. The Kier molecular flexibility index (Phi) is 6.71. The van der Waals surface area contributed by atoms with E-state index in [0.29, 0.717) is 29.1 Å². The molecule has 1 N–H and O–H groups in total. The van der Waals surface area contributed by atoms with Gasteiger partial charge in [0.25, 0.3) is 0 Å². The molecular formula is C19H21F3N2O4. The van der Waals surface area contributed by atoms with Crippen molar-refractivity contribution in [2.45, 2.75) is 26.1 Å². The molecule has 0 radical (unpaired) electrons. The fraction of sp³-hybridized carbons (Fsp3) is 0.368. The number of esters is 1. The van der Waals surface area contributed by atoms with E-state index in [-0.39, 0.29) is 19.1 Å². The number of methoxy groups -OCH3 is 1. The Labute approximate surface area is 160 Å². The van der Waals surface area contributed by atoms with E-state index in [4.69, 9.17) is 4.42 Å². The third-order valence-electron chi connectivity index (χ3n) is 4.08. The summed E-state index contributed by atoms with van der Waals surface area (Å²) in [5, 5.41) is 2.68. The fourth-order valence-corrected chi connectivity index (χ4v) is 2.55. The predicted molar refractivity (Wildman–Crippen MR) is 94.8 cm³/mol. The first-order chi connectivity index (χ1) is 13.1. The van der Waals surface area contributed by atoms with Crippen LogP contribution in [-0.4, -0.2) is 37.6 Å². The molecule has 0 bridgehead atoms. The van der Waals surface area contributed by atoms with E-state index in [1.807, 2.05) is 0 Å². The third-order valence-corrected chi connectivity index (χ3v) is 4.08. The lowest BCUT2D eigenvalue weighted by Crippen LogP contribution is -2.37. The van der Waals surface area contributed by atoms with Crippen LogP contribution < -0.4 is 5.32 Å². The zero-order valence-corrected chi connectivity index (χ0v) is 15.7. The molecule has 28 heavy (non-hydrogen) atoms. The first-order valence-electron chi connectivity index (χ1n) is 8.44. The molecule has 0 saturated carbocycles. The molecule has 9 heteroatoms. The molecule has 1 heterocycles. The summed E-state index contributed by atoms with van der Waals surface area (Å²) in [5.74, 6) is 0.312. The van der Waals surface area contributed by atoms with E-state index in [9.17, 15) is 22.8 Å². The first kappa shape index (κ1) is 21.3. The number of rotatable bonds is 6. The molecule has 0 atom stereocenters. The van der Waals surface area contributed by atoms with Gasteiger partial charge >= 0.3 is 18.2 Å². The van der Waals surface area contributed by atoms with Crippen LogP contribution in [0.2, 0.25) is 0 Å². The van der Waals surface area contributed by atoms with Crippen molar-refractivity contribution < 1.29 is 31.9 Å². The Morgan fingerprint density at radius 1 is 1.21 bits per heavy atom. The summed E-state index contributed by atoms with van der Waals surface area (Å²) < 4.78 is 47.7. The predicted octanol–water partition coefficient (Wildman–Crippen LogP) is 3.78. The van der Waals surface area contributed by atoms with Gasteiger partial charge in [0.15, 0.2) is 0 Å². The van der Waals surface area contributed by atoms with Crippen LogP contribution in [0.5, 0.6) is 0 Å². The number of nitrogens with zero attached hydrogens (tertiary/aromatic N) is 1. The van der Waals surface area contributed by atoms with Gasteiger partial charge in [-0.15, -0.1) is 0 Å². The highest BCUT2D eigenvalue weighted by molar-refractivity contribution is 5.90. The lowest BCUT2D eigenvalue weighted by molar-refractivity contribution is -0.137. The van der Waals surface area contributed by atoms with E-state index in [1.165, 1.54) is 30.2 Å². The molecule has 152 valence electrons. The highest BCUT2D eigenvalue weighted by Crippen LogP contribution is 2.29. The topological polar surface area (TPSA) is 71.8 Å². The standard InChI is InChI=1S/C19H21F3N2O4/c1-12-16(17(25)27-3)10-15(28-12)11-24(2)18(26)23-9-8-13-4-6-14(7-5-13)19(20,21)22/h4-7,10H,8-9,11H2,1-3H3,(H,23,26). The van der Waals surface area contributed by atoms with Gasteiger partial charge in [-0.3, -0.25) is 0 Å². The van der Waals surface area contributed by atoms with Crippen molar-refractivity contribution in [3.05, 3.63) is 58.5 Å². The van der Waals surface area contributed by atoms with Crippen molar-refractivity contribution >= 4 is 12.0 Å². The number of benzene rings is 1. The second kappa shape index (κ2) is 8.81. The summed E-state index contributed by atoms with van der Waals surface area (Å²) in [4.78, 5) is 25.1. The van der Waals surface area contributed by atoms with E-state index in [2.05, 4.69) is 10.1 Å². The normalized spacial score (nSPS) is 11.2. The van der Waals surface area contributed by atoms with Crippen LogP contribution >= 0.6 is 0 Å². The number of urea groups is 1. The first-order valence-corrected chi connectivity index (χ1v) is 8.44. The van der Waals surface area contributed by atoms with Crippen molar-refractivity contribution in [2.75, 3.05) is 20.7 Å². The lowest BCUT2D eigenvalue weighted by atomic mass is 10.1. The van der Waals surface area contributed by atoms with E-state index in [1.54, 1.807) is 14.0 Å². The van der Waals surface area contributed by atoms with Crippen LogP contribution in [0.15, 0.2) is 34.7 Å². The van der Waals surface area contributed by atoms with Gasteiger partial charge in [0.05, 0.1) is 19.2 Å². The lowest BCUT2D eigenvalue weighted by Gasteiger charge is -2.16. The largest absolute Gasteiger partial charge is 0.465 e. The molecule has 0 fully saturated rings. The minimum absolute atomic E-state index is 0.143. The fourth-order valence-electron chi connectivity index (χ4n) is 2.55. The maximum absolute atomic E-state index is 12.5. The maximum atomic E-state index is 12.5.